The van der Waals surface area contributed by atoms with E-state index < -0.39 is 0 Å². The Hall–Kier alpha value is -2.63. The number of pyridine rings is 1. The van der Waals surface area contributed by atoms with E-state index >= 15 is 0 Å². The van der Waals surface area contributed by atoms with Crippen molar-refractivity contribution in [1.29, 1.82) is 0 Å². The maximum Gasteiger partial charge on any atom is 0.293 e. The first-order valence-corrected chi connectivity index (χ1v) is 7.63. The normalized spacial score (nSPS) is 9.43. The number of hydrogen-bond acceptors (Lipinski definition) is 4. The monoisotopic (exact) mass is 316 g/mol. The summed E-state index contributed by atoms with van der Waals surface area (Å²) in [4.78, 5) is 13.5. The number of ether oxygens (including phenoxy) is 1. The average molecular weight is 316 g/mol. The van der Waals surface area contributed by atoms with E-state index in [4.69, 9.17) is 0 Å². The van der Waals surface area contributed by atoms with Crippen LogP contribution in [0.4, 0.5) is 0 Å². The van der Waals surface area contributed by atoms with Crippen molar-refractivity contribution in [2.45, 2.75) is 27.7 Å². The molecule has 0 aliphatic heterocycles. The zero-order chi connectivity index (χ0) is 17.2. The van der Waals surface area contributed by atoms with Gasteiger partial charge in [0, 0.05) is 25.0 Å². The largest absolute Gasteiger partial charge is 0.468 e. The molecule has 3 heterocycles. The maximum atomic E-state index is 9.18. The number of imidazole rings is 1. The quantitative estimate of drug-likeness (QED) is 0.696. The highest BCUT2D eigenvalue weighted by atomic mass is 16.5. The molecule has 6 nitrogen and oxygen atoms in total. The molecule has 0 bridgehead atoms. The summed E-state index contributed by atoms with van der Waals surface area (Å²) in [6.45, 7) is 8.72. The molecule has 0 unspecified atom stereocenters. The molecule has 0 radical (unpaired) electrons. The second-order valence-electron chi connectivity index (χ2n) is 4.55. The molecule has 3 aromatic rings. The van der Waals surface area contributed by atoms with Gasteiger partial charge in [-0.1, -0.05) is 13.8 Å². The molecule has 0 aliphatic carbocycles. The molecule has 124 valence electrons. The smallest absolute Gasteiger partial charge is 0.293 e. The Labute approximate surface area is 136 Å². The van der Waals surface area contributed by atoms with Crippen LogP contribution in [0, 0.1) is 6.92 Å². The van der Waals surface area contributed by atoms with E-state index in [1.54, 1.807) is 13.3 Å². The van der Waals surface area contributed by atoms with Gasteiger partial charge in [-0.2, -0.15) is 5.10 Å². The van der Waals surface area contributed by atoms with E-state index in [0.29, 0.717) is 13.1 Å². The molecule has 0 saturated carbocycles. The highest BCUT2D eigenvalue weighted by Crippen LogP contribution is 2.18. The predicted octanol–water partition coefficient (Wildman–Crippen LogP) is 3.25. The van der Waals surface area contributed by atoms with Gasteiger partial charge >= 0.3 is 0 Å². The zero-order valence-electron chi connectivity index (χ0n) is 14.4. The number of aryl methyl sites for hydroxylation is 2. The van der Waals surface area contributed by atoms with E-state index in [0.717, 1.165) is 16.8 Å². The number of carbonyl (C=O) groups excluding carboxylic acids is 1. The molecule has 3 aromatic heterocycles. The molecular formula is C17H24N4O2. The summed E-state index contributed by atoms with van der Waals surface area (Å²) >= 11 is 0. The second-order valence-corrected chi connectivity index (χ2v) is 4.55. The minimum Gasteiger partial charge on any atom is -0.468 e. The Bertz CT molecular complexity index is 731. The van der Waals surface area contributed by atoms with Crippen molar-refractivity contribution in [3.05, 3.63) is 42.6 Å². The van der Waals surface area contributed by atoms with Crippen LogP contribution in [-0.2, 0) is 16.6 Å². The topological polar surface area (TPSA) is 61.4 Å². The number of carbonyl (C=O) groups is 1. The summed E-state index contributed by atoms with van der Waals surface area (Å²) in [6, 6.07) is 4.15. The third-order valence-corrected chi connectivity index (χ3v) is 2.94. The standard InChI is InChI=1S/C12H12N4.C3H6O2.C2H6/c1-9-5-14-16-6-10(3-4-12(9)16)11-7-15(2)8-13-11;1-2-5-3-4;1-2/h3-8H,1-2H3;3H,2H2,1H3;1-2H3. The third kappa shape index (κ3) is 4.95. The SMILES string of the molecule is CC.CCOC=O.Cc1cnn2cc(-c3cn(C)cn3)ccc12. The van der Waals surface area contributed by atoms with Crippen molar-refractivity contribution in [1.82, 2.24) is 19.2 Å². The predicted molar refractivity (Wildman–Crippen MR) is 91.2 cm³/mol. The number of aromatic nitrogens is 4. The first-order chi connectivity index (χ1) is 11.2. The fourth-order valence-electron chi connectivity index (χ4n) is 1.89. The fourth-order valence-corrected chi connectivity index (χ4v) is 1.89. The lowest BCUT2D eigenvalue weighted by molar-refractivity contribution is -0.128. The van der Waals surface area contributed by atoms with Crippen LogP contribution in [0.5, 0.6) is 0 Å². The van der Waals surface area contributed by atoms with Crippen LogP contribution in [-0.4, -0.2) is 32.2 Å². The van der Waals surface area contributed by atoms with Crippen molar-refractivity contribution in [3.63, 3.8) is 0 Å². The number of nitrogens with zero attached hydrogens (tertiary/aromatic N) is 4. The molecule has 3 rings (SSSR count). The summed E-state index contributed by atoms with van der Waals surface area (Å²) < 4.78 is 7.98. The van der Waals surface area contributed by atoms with E-state index in [9.17, 15) is 4.79 Å². The highest BCUT2D eigenvalue weighted by molar-refractivity contribution is 5.63. The molecule has 0 amide bonds. The van der Waals surface area contributed by atoms with Gasteiger partial charge in [-0.25, -0.2) is 9.50 Å². The van der Waals surface area contributed by atoms with Gasteiger partial charge in [-0.05, 0) is 31.5 Å². The summed E-state index contributed by atoms with van der Waals surface area (Å²) in [7, 11) is 1.97. The second kappa shape index (κ2) is 9.40. The molecule has 0 spiro atoms. The van der Waals surface area contributed by atoms with Gasteiger partial charge < -0.3 is 9.30 Å². The lowest BCUT2D eigenvalue weighted by atomic mass is 10.2. The molecule has 0 aliphatic rings. The minimum atomic E-state index is 0.431. The molecule has 0 N–H and O–H groups in total. The van der Waals surface area contributed by atoms with Crippen LogP contribution in [0.15, 0.2) is 37.1 Å². The van der Waals surface area contributed by atoms with Gasteiger partial charge in [0.25, 0.3) is 6.47 Å². The molecule has 23 heavy (non-hydrogen) atoms. The summed E-state index contributed by atoms with van der Waals surface area (Å²) in [5.74, 6) is 0. The van der Waals surface area contributed by atoms with Gasteiger partial charge in [-0.3, -0.25) is 4.79 Å². The van der Waals surface area contributed by atoms with E-state index in [1.165, 1.54) is 5.56 Å². The Morgan fingerprint density at radius 2 is 2.00 bits per heavy atom. The first-order valence-electron chi connectivity index (χ1n) is 7.63. The number of hydrogen-bond donors (Lipinski definition) is 0. The van der Waals surface area contributed by atoms with Crippen molar-refractivity contribution in [2.75, 3.05) is 6.61 Å². The van der Waals surface area contributed by atoms with Crippen molar-refractivity contribution in [3.8, 4) is 11.3 Å². The van der Waals surface area contributed by atoms with Gasteiger partial charge in [0.15, 0.2) is 0 Å². The lowest BCUT2D eigenvalue weighted by Gasteiger charge is -1.98. The summed E-state index contributed by atoms with van der Waals surface area (Å²) in [5.41, 5.74) is 4.38. The molecule has 0 aromatic carbocycles. The number of rotatable bonds is 3. The number of fused-ring (bicyclic) bond motifs is 1. The van der Waals surface area contributed by atoms with Gasteiger partial charge in [0.1, 0.15) is 0 Å². The van der Waals surface area contributed by atoms with Crippen molar-refractivity contribution >= 4 is 12.0 Å². The highest BCUT2D eigenvalue weighted by Gasteiger charge is 2.04. The van der Waals surface area contributed by atoms with Crippen LogP contribution >= 0.6 is 0 Å². The summed E-state index contributed by atoms with van der Waals surface area (Å²) in [5, 5.41) is 4.29. The lowest BCUT2D eigenvalue weighted by Crippen LogP contribution is -1.88. The molecule has 0 atom stereocenters. The van der Waals surface area contributed by atoms with Crippen molar-refractivity contribution < 1.29 is 9.53 Å². The zero-order valence-corrected chi connectivity index (χ0v) is 14.4. The van der Waals surface area contributed by atoms with Gasteiger partial charge in [0.2, 0.25) is 0 Å². The third-order valence-electron chi connectivity index (χ3n) is 2.94. The Kier molecular flexibility index (Phi) is 7.53. The van der Waals surface area contributed by atoms with E-state index in [2.05, 4.69) is 33.9 Å². The average Bonchev–Trinajstić information content (AvgIpc) is 3.17. The van der Waals surface area contributed by atoms with Crippen LogP contribution in [0.25, 0.3) is 16.8 Å². The van der Waals surface area contributed by atoms with Crippen LogP contribution in [0.1, 0.15) is 26.3 Å². The van der Waals surface area contributed by atoms with Gasteiger partial charge in [0.05, 0.1) is 30.3 Å². The maximum absolute atomic E-state index is 9.18. The molecule has 0 saturated heterocycles. The molecular weight excluding hydrogens is 292 g/mol. The van der Waals surface area contributed by atoms with Crippen LogP contribution in [0.2, 0.25) is 0 Å². The van der Waals surface area contributed by atoms with Crippen LogP contribution in [0.3, 0.4) is 0 Å². The molecule has 6 heteroatoms. The van der Waals surface area contributed by atoms with Crippen molar-refractivity contribution in [2.24, 2.45) is 7.05 Å². The Morgan fingerprint density at radius 3 is 2.52 bits per heavy atom. The molecule has 0 fully saturated rings. The van der Waals surface area contributed by atoms with Gasteiger partial charge in [-0.15, -0.1) is 0 Å². The summed E-state index contributed by atoms with van der Waals surface area (Å²) in [6.07, 6.45) is 7.67. The fraction of sp³-hybridized carbons (Fsp3) is 0.353. The first kappa shape index (κ1) is 18.4. The Morgan fingerprint density at radius 1 is 1.26 bits per heavy atom. The minimum absolute atomic E-state index is 0.431. The van der Waals surface area contributed by atoms with E-state index in [1.807, 2.05) is 48.6 Å². The van der Waals surface area contributed by atoms with E-state index in [-0.39, 0.29) is 0 Å². The Balaban J connectivity index is 0.000000327. The van der Waals surface area contributed by atoms with Crippen LogP contribution < -0.4 is 0 Å².